The van der Waals surface area contributed by atoms with Crippen molar-refractivity contribution < 1.29 is 27.8 Å². The van der Waals surface area contributed by atoms with Crippen molar-refractivity contribution in [1.82, 2.24) is 19.7 Å². The number of ether oxygens (including phenoxy) is 1. The van der Waals surface area contributed by atoms with Crippen molar-refractivity contribution in [3.05, 3.63) is 66.1 Å². The van der Waals surface area contributed by atoms with Crippen LogP contribution in [0.15, 0.2) is 55.0 Å². The Bertz CT molecular complexity index is 1170. The molecule has 0 saturated carbocycles. The third-order valence-electron chi connectivity index (χ3n) is 6.26. The lowest BCUT2D eigenvalue weighted by Gasteiger charge is -2.44. The first-order valence-corrected chi connectivity index (χ1v) is 11.4. The van der Waals surface area contributed by atoms with Gasteiger partial charge in [0, 0.05) is 62.0 Å². The van der Waals surface area contributed by atoms with Gasteiger partial charge in [0.15, 0.2) is 0 Å². The number of halogens is 3. The number of alkyl halides is 3. The molecule has 1 saturated heterocycles. The van der Waals surface area contributed by atoms with Gasteiger partial charge >= 0.3 is 12.1 Å². The highest BCUT2D eigenvalue weighted by atomic mass is 19.4. The largest absolute Gasteiger partial charge is 0.490 e. The second-order valence-electron chi connectivity index (χ2n) is 8.98. The third-order valence-corrected chi connectivity index (χ3v) is 6.26. The maximum Gasteiger partial charge on any atom is 0.490 e. The van der Waals surface area contributed by atoms with E-state index >= 15 is 0 Å². The van der Waals surface area contributed by atoms with Crippen LogP contribution in [0.25, 0.3) is 11.3 Å². The predicted octanol–water partition coefficient (Wildman–Crippen LogP) is 5.04. The van der Waals surface area contributed by atoms with Gasteiger partial charge in [-0.25, -0.2) is 4.79 Å². The van der Waals surface area contributed by atoms with Crippen LogP contribution in [0.2, 0.25) is 0 Å². The van der Waals surface area contributed by atoms with E-state index in [1.807, 2.05) is 24.7 Å². The summed E-state index contributed by atoms with van der Waals surface area (Å²) in [6, 6.07) is 12.9. The molecule has 2 aliphatic heterocycles. The number of para-hydroxylation sites is 1. The van der Waals surface area contributed by atoms with Gasteiger partial charge in [-0.05, 0) is 37.6 Å². The molecule has 0 amide bonds. The monoisotopic (exact) mass is 488 g/mol. The van der Waals surface area contributed by atoms with Gasteiger partial charge in [0.1, 0.15) is 11.4 Å². The van der Waals surface area contributed by atoms with E-state index in [0.29, 0.717) is 6.04 Å². The zero-order valence-electron chi connectivity index (χ0n) is 19.5. The Morgan fingerprint density at radius 1 is 1.14 bits per heavy atom. The highest BCUT2D eigenvalue weighted by molar-refractivity contribution is 5.74. The highest BCUT2D eigenvalue weighted by Gasteiger charge is 2.45. The maximum absolute atomic E-state index is 10.6. The number of aromatic nitrogens is 3. The number of benzene rings is 1. The molecule has 0 unspecified atom stereocenters. The van der Waals surface area contributed by atoms with Crippen LogP contribution >= 0.6 is 0 Å². The fourth-order valence-corrected chi connectivity index (χ4v) is 4.57. The number of aliphatic carboxylic acids is 1. The Morgan fingerprint density at radius 2 is 1.83 bits per heavy atom. The van der Waals surface area contributed by atoms with Crippen LogP contribution in [0.5, 0.6) is 5.75 Å². The third kappa shape index (κ3) is 5.17. The number of piperidine rings is 1. The summed E-state index contributed by atoms with van der Waals surface area (Å²) in [4.78, 5) is 15.6. The van der Waals surface area contributed by atoms with E-state index in [4.69, 9.17) is 19.7 Å². The molecule has 5 rings (SSSR count). The molecule has 1 fully saturated rings. The number of hydrogen-bond donors (Lipinski definition) is 1. The maximum atomic E-state index is 10.6. The smallest absolute Gasteiger partial charge is 0.482 e. The van der Waals surface area contributed by atoms with Gasteiger partial charge in [0.2, 0.25) is 0 Å². The van der Waals surface area contributed by atoms with Gasteiger partial charge in [-0.1, -0.05) is 18.2 Å². The predicted molar refractivity (Wildman–Crippen MR) is 123 cm³/mol. The number of likely N-dealkylation sites (tertiary alicyclic amines) is 1. The summed E-state index contributed by atoms with van der Waals surface area (Å²) < 4.78 is 40.6. The summed E-state index contributed by atoms with van der Waals surface area (Å²) in [6.45, 7) is 7.33. The van der Waals surface area contributed by atoms with Crippen molar-refractivity contribution in [3.8, 4) is 17.0 Å². The topological polar surface area (TPSA) is 80.5 Å². The molecule has 4 heterocycles. The number of rotatable bonds is 3. The number of nitrogens with zero attached hydrogens (tertiary/aromatic N) is 4. The van der Waals surface area contributed by atoms with Crippen LogP contribution in [0.1, 0.15) is 43.9 Å². The lowest BCUT2D eigenvalue weighted by atomic mass is 9.81. The number of carbonyl (C=O) groups is 1. The number of carboxylic acid groups (broad SMARTS) is 1. The molecule has 1 aromatic carbocycles. The summed E-state index contributed by atoms with van der Waals surface area (Å²) in [5.41, 5.74) is 4.63. The van der Waals surface area contributed by atoms with E-state index in [2.05, 4.69) is 58.7 Å². The van der Waals surface area contributed by atoms with E-state index in [1.54, 1.807) is 0 Å². The summed E-state index contributed by atoms with van der Waals surface area (Å²) in [7, 11) is 0. The second-order valence-corrected chi connectivity index (χ2v) is 8.98. The van der Waals surface area contributed by atoms with E-state index in [-0.39, 0.29) is 5.60 Å². The van der Waals surface area contributed by atoms with Crippen LogP contribution in [0.4, 0.5) is 13.2 Å². The molecule has 35 heavy (non-hydrogen) atoms. The first kappa shape index (κ1) is 24.7. The van der Waals surface area contributed by atoms with Gasteiger partial charge in [0.25, 0.3) is 0 Å². The Kier molecular flexibility index (Phi) is 6.84. The Balaban J connectivity index is 0.000000364. The Labute approximate surface area is 201 Å². The Morgan fingerprint density at radius 3 is 2.43 bits per heavy atom. The SMILES string of the molecule is CC(C)n1ncc2c1-c1ccccc1OC21CCN(Cc2cccnc2)CC1.O=C(O)C(F)(F)F. The molecular formula is C25H27F3N4O3. The molecule has 1 spiro atoms. The highest BCUT2D eigenvalue weighted by Crippen LogP contribution is 2.50. The molecule has 1 N–H and O–H groups in total. The first-order chi connectivity index (χ1) is 16.6. The second kappa shape index (κ2) is 9.69. The van der Waals surface area contributed by atoms with Crippen LogP contribution in [-0.2, 0) is 16.9 Å². The molecule has 186 valence electrons. The molecule has 0 radical (unpaired) electrons. The molecule has 3 aromatic rings. The lowest BCUT2D eigenvalue weighted by Crippen LogP contribution is -2.47. The zero-order chi connectivity index (χ0) is 25.2. The van der Waals surface area contributed by atoms with Crippen LogP contribution in [0, 0.1) is 0 Å². The minimum Gasteiger partial charge on any atom is -0.482 e. The van der Waals surface area contributed by atoms with Crippen molar-refractivity contribution in [3.63, 3.8) is 0 Å². The first-order valence-electron chi connectivity index (χ1n) is 11.4. The fraction of sp³-hybridized carbons (Fsp3) is 0.400. The van der Waals surface area contributed by atoms with Crippen molar-refractivity contribution in [2.75, 3.05) is 13.1 Å². The minimum atomic E-state index is -5.08. The van der Waals surface area contributed by atoms with E-state index in [0.717, 1.165) is 43.8 Å². The molecule has 0 atom stereocenters. The number of carboxylic acids is 1. The molecule has 0 bridgehead atoms. The Hall–Kier alpha value is -3.40. The lowest BCUT2D eigenvalue weighted by molar-refractivity contribution is -0.192. The summed E-state index contributed by atoms with van der Waals surface area (Å²) in [6.07, 6.45) is 2.69. The molecule has 2 aliphatic rings. The van der Waals surface area contributed by atoms with E-state index in [1.165, 1.54) is 16.8 Å². The van der Waals surface area contributed by atoms with Gasteiger partial charge in [-0.2, -0.15) is 18.3 Å². The molecular weight excluding hydrogens is 461 g/mol. The van der Waals surface area contributed by atoms with Gasteiger partial charge < -0.3 is 9.84 Å². The van der Waals surface area contributed by atoms with Crippen LogP contribution in [-0.4, -0.2) is 50.0 Å². The normalized spacial score (nSPS) is 16.6. The number of pyridine rings is 1. The van der Waals surface area contributed by atoms with Gasteiger partial charge in [-0.15, -0.1) is 0 Å². The average molecular weight is 489 g/mol. The average Bonchev–Trinajstić information content (AvgIpc) is 3.28. The van der Waals surface area contributed by atoms with Crippen LogP contribution < -0.4 is 4.74 Å². The van der Waals surface area contributed by atoms with Crippen molar-refractivity contribution >= 4 is 5.97 Å². The van der Waals surface area contributed by atoms with Crippen molar-refractivity contribution in [2.24, 2.45) is 0 Å². The van der Waals surface area contributed by atoms with Crippen LogP contribution in [0.3, 0.4) is 0 Å². The molecule has 10 heteroatoms. The summed E-state index contributed by atoms with van der Waals surface area (Å²) in [5, 5.41) is 11.9. The van der Waals surface area contributed by atoms with Gasteiger partial charge in [-0.3, -0.25) is 14.6 Å². The summed E-state index contributed by atoms with van der Waals surface area (Å²) in [5.74, 6) is -1.77. The molecule has 7 nitrogen and oxygen atoms in total. The number of hydrogen-bond acceptors (Lipinski definition) is 5. The standard InChI is InChI=1S/C23H26N4O.C2HF3O2/c1-17(2)27-22-19-7-3-4-8-21(19)28-23(20(22)15-25-27)9-12-26(13-10-23)16-18-6-5-11-24-14-18;3-2(4,5)1(6)7/h3-8,11,14-15,17H,9-10,12-13,16H2,1-2H3;(H,6,7). The molecule has 0 aliphatic carbocycles. The zero-order valence-corrected chi connectivity index (χ0v) is 19.5. The van der Waals surface area contributed by atoms with Crippen molar-refractivity contribution in [2.45, 2.75) is 51.1 Å². The summed E-state index contributed by atoms with van der Waals surface area (Å²) >= 11 is 0. The fourth-order valence-electron chi connectivity index (χ4n) is 4.57. The minimum absolute atomic E-state index is 0.276. The van der Waals surface area contributed by atoms with E-state index < -0.39 is 12.1 Å². The van der Waals surface area contributed by atoms with E-state index in [9.17, 15) is 13.2 Å². The van der Waals surface area contributed by atoms with Gasteiger partial charge in [0.05, 0.1) is 11.9 Å². The quantitative estimate of drug-likeness (QED) is 0.556. The molecule has 2 aromatic heterocycles. The number of fused-ring (bicyclic) bond motifs is 4. The van der Waals surface area contributed by atoms with Crippen molar-refractivity contribution in [1.29, 1.82) is 0 Å².